The van der Waals surface area contributed by atoms with E-state index in [0.717, 1.165) is 45.2 Å². The van der Waals surface area contributed by atoms with Crippen LogP contribution in [-0.4, -0.2) is 53.0 Å². The highest BCUT2D eigenvalue weighted by Gasteiger charge is 2.47. The van der Waals surface area contributed by atoms with Gasteiger partial charge in [0.15, 0.2) is 0 Å². The second-order valence-corrected chi connectivity index (χ2v) is 8.02. The predicted octanol–water partition coefficient (Wildman–Crippen LogP) is 2.66. The molecule has 3 aliphatic rings. The van der Waals surface area contributed by atoms with E-state index < -0.39 is 0 Å². The van der Waals surface area contributed by atoms with Gasteiger partial charge in [-0.05, 0) is 44.6 Å². The largest absolute Gasteiger partial charge is 0.368 e. The molecule has 1 spiro atoms. The predicted molar refractivity (Wildman–Crippen MR) is 98.5 cm³/mol. The average Bonchev–Trinajstić information content (AvgIpc) is 3.27. The SMILES string of the molecule is Cc1cccc(CN2C(=O)CCC23CCN(C(=O)[C@@H]2CCCO2)CC3)c1. The summed E-state index contributed by atoms with van der Waals surface area (Å²) in [7, 11) is 0. The normalized spacial score (nSPS) is 25.3. The van der Waals surface area contributed by atoms with Crippen molar-refractivity contribution in [2.24, 2.45) is 0 Å². The lowest BCUT2D eigenvalue weighted by Gasteiger charge is -2.45. The molecule has 5 heteroatoms. The molecule has 3 fully saturated rings. The van der Waals surface area contributed by atoms with Gasteiger partial charge in [0.25, 0.3) is 5.91 Å². The van der Waals surface area contributed by atoms with Crippen LogP contribution in [0.1, 0.15) is 49.7 Å². The molecule has 0 aliphatic carbocycles. The Kier molecular flexibility index (Phi) is 4.74. The van der Waals surface area contributed by atoms with Crippen LogP contribution in [0.5, 0.6) is 0 Å². The van der Waals surface area contributed by atoms with Crippen LogP contribution >= 0.6 is 0 Å². The number of nitrogens with zero attached hydrogens (tertiary/aromatic N) is 2. The molecule has 4 rings (SSSR count). The molecule has 3 saturated heterocycles. The monoisotopic (exact) mass is 356 g/mol. The summed E-state index contributed by atoms with van der Waals surface area (Å²) in [6, 6.07) is 8.40. The molecule has 3 heterocycles. The van der Waals surface area contributed by atoms with Gasteiger partial charge < -0.3 is 14.5 Å². The molecule has 140 valence electrons. The number of amides is 2. The Hall–Kier alpha value is -1.88. The average molecular weight is 356 g/mol. The van der Waals surface area contributed by atoms with Gasteiger partial charge in [0, 0.05) is 38.2 Å². The lowest BCUT2D eigenvalue weighted by Crippen LogP contribution is -2.55. The maximum atomic E-state index is 12.6. The Labute approximate surface area is 155 Å². The number of carbonyl (C=O) groups excluding carboxylic acids is 2. The van der Waals surface area contributed by atoms with Crippen molar-refractivity contribution in [1.29, 1.82) is 0 Å². The zero-order valence-electron chi connectivity index (χ0n) is 15.6. The van der Waals surface area contributed by atoms with Crippen molar-refractivity contribution < 1.29 is 14.3 Å². The van der Waals surface area contributed by atoms with Gasteiger partial charge in [-0.3, -0.25) is 9.59 Å². The fraction of sp³-hybridized carbons (Fsp3) is 0.619. The Bertz CT molecular complexity index is 688. The van der Waals surface area contributed by atoms with Gasteiger partial charge in [-0.15, -0.1) is 0 Å². The summed E-state index contributed by atoms with van der Waals surface area (Å²) in [4.78, 5) is 29.2. The molecule has 1 aromatic carbocycles. The maximum Gasteiger partial charge on any atom is 0.251 e. The molecule has 0 unspecified atom stereocenters. The minimum atomic E-state index is -0.238. The molecule has 1 aromatic rings. The van der Waals surface area contributed by atoms with Gasteiger partial charge in [0.2, 0.25) is 5.91 Å². The van der Waals surface area contributed by atoms with Crippen molar-refractivity contribution in [2.75, 3.05) is 19.7 Å². The second-order valence-electron chi connectivity index (χ2n) is 8.02. The lowest BCUT2D eigenvalue weighted by molar-refractivity contribution is -0.144. The minimum Gasteiger partial charge on any atom is -0.368 e. The number of carbonyl (C=O) groups is 2. The minimum absolute atomic E-state index is 0.0753. The van der Waals surface area contributed by atoms with Gasteiger partial charge in [0.05, 0.1) is 0 Å². The Morgan fingerprint density at radius 3 is 2.77 bits per heavy atom. The molecule has 1 atom stereocenters. The number of benzene rings is 1. The van der Waals surface area contributed by atoms with E-state index in [4.69, 9.17) is 4.74 Å². The van der Waals surface area contributed by atoms with Crippen LogP contribution in [0, 0.1) is 6.92 Å². The summed E-state index contributed by atoms with van der Waals surface area (Å²) in [5.41, 5.74) is 2.34. The first kappa shape index (κ1) is 17.5. The first-order valence-electron chi connectivity index (χ1n) is 9.84. The van der Waals surface area contributed by atoms with Gasteiger partial charge in [-0.1, -0.05) is 29.8 Å². The molecule has 2 amide bonds. The van der Waals surface area contributed by atoms with Crippen molar-refractivity contribution in [3.8, 4) is 0 Å². The van der Waals surface area contributed by atoms with E-state index in [1.807, 2.05) is 4.90 Å². The first-order chi connectivity index (χ1) is 12.6. The zero-order valence-corrected chi connectivity index (χ0v) is 15.6. The topological polar surface area (TPSA) is 49.9 Å². The van der Waals surface area contributed by atoms with Crippen molar-refractivity contribution >= 4 is 11.8 Å². The summed E-state index contributed by atoms with van der Waals surface area (Å²) >= 11 is 0. The summed E-state index contributed by atoms with van der Waals surface area (Å²) in [5.74, 6) is 0.400. The van der Waals surface area contributed by atoms with Crippen LogP contribution in [0.4, 0.5) is 0 Å². The molecule has 0 aromatic heterocycles. The standard InChI is InChI=1S/C21H28N2O3/c1-16-4-2-5-17(14-16)15-23-19(24)7-8-21(23)9-11-22(12-10-21)20(25)18-6-3-13-26-18/h2,4-5,14,18H,3,6-13,15H2,1H3/t18-/m0/s1. The Morgan fingerprint density at radius 1 is 1.27 bits per heavy atom. The molecule has 0 saturated carbocycles. The number of likely N-dealkylation sites (tertiary alicyclic amines) is 2. The van der Waals surface area contributed by atoms with E-state index in [-0.39, 0.29) is 23.5 Å². The smallest absolute Gasteiger partial charge is 0.251 e. The van der Waals surface area contributed by atoms with Crippen LogP contribution < -0.4 is 0 Å². The van der Waals surface area contributed by atoms with Gasteiger partial charge >= 0.3 is 0 Å². The fourth-order valence-electron chi connectivity index (χ4n) is 4.76. The maximum absolute atomic E-state index is 12.6. The van der Waals surface area contributed by atoms with Crippen molar-refractivity contribution in [2.45, 2.75) is 63.6 Å². The quantitative estimate of drug-likeness (QED) is 0.837. The Balaban J connectivity index is 1.44. The van der Waals surface area contributed by atoms with Crippen molar-refractivity contribution in [1.82, 2.24) is 9.80 Å². The fourth-order valence-corrected chi connectivity index (χ4v) is 4.76. The molecular weight excluding hydrogens is 328 g/mol. The van der Waals surface area contributed by atoms with Crippen LogP contribution in [0.3, 0.4) is 0 Å². The number of hydrogen-bond donors (Lipinski definition) is 0. The number of rotatable bonds is 3. The summed E-state index contributed by atoms with van der Waals surface area (Å²) < 4.78 is 5.56. The molecule has 0 N–H and O–H groups in total. The summed E-state index contributed by atoms with van der Waals surface area (Å²) in [5, 5.41) is 0. The van der Waals surface area contributed by atoms with Gasteiger partial charge in [0.1, 0.15) is 6.10 Å². The van der Waals surface area contributed by atoms with Crippen molar-refractivity contribution in [3.63, 3.8) is 0 Å². The highest BCUT2D eigenvalue weighted by molar-refractivity contribution is 5.82. The lowest BCUT2D eigenvalue weighted by atomic mass is 9.84. The zero-order chi connectivity index (χ0) is 18.1. The number of ether oxygens (including phenoxy) is 1. The van der Waals surface area contributed by atoms with E-state index >= 15 is 0 Å². The third-order valence-corrected chi connectivity index (χ3v) is 6.31. The summed E-state index contributed by atoms with van der Waals surface area (Å²) in [6.45, 7) is 4.93. The van der Waals surface area contributed by atoms with Crippen LogP contribution in [0.2, 0.25) is 0 Å². The second kappa shape index (κ2) is 7.03. The number of hydrogen-bond acceptors (Lipinski definition) is 3. The third-order valence-electron chi connectivity index (χ3n) is 6.31. The molecule has 0 bridgehead atoms. The molecule has 3 aliphatic heterocycles. The van der Waals surface area contributed by atoms with Crippen LogP contribution in [0.15, 0.2) is 24.3 Å². The number of piperidine rings is 1. The highest BCUT2D eigenvalue weighted by atomic mass is 16.5. The van der Waals surface area contributed by atoms with E-state index in [1.54, 1.807) is 0 Å². The molecule has 5 nitrogen and oxygen atoms in total. The van der Waals surface area contributed by atoms with E-state index in [0.29, 0.717) is 19.6 Å². The third kappa shape index (κ3) is 3.25. The van der Waals surface area contributed by atoms with Crippen LogP contribution in [0.25, 0.3) is 0 Å². The molecular formula is C21H28N2O3. The van der Waals surface area contributed by atoms with E-state index in [1.165, 1.54) is 11.1 Å². The van der Waals surface area contributed by atoms with Crippen molar-refractivity contribution in [3.05, 3.63) is 35.4 Å². The Morgan fingerprint density at radius 2 is 2.08 bits per heavy atom. The molecule has 26 heavy (non-hydrogen) atoms. The van der Waals surface area contributed by atoms with Gasteiger partial charge in [-0.2, -0.15) is 0 Å². The summed E-state index contributed by atoms with van der Waals surface area (Å²) in [6.07, 6.45) is 4.89. The van der Waals surface area contributed by atoms with Gasteiger partial charge in [-0.25, -0.2) is 0 Å². The van der Waals surface area contributed by atoms with Crippen LogP contribution in [-0.2, 0) is 20.9 Å². The highest BCUT2D eigenvalue weighted by Crippen LogP contribution is 2.40. The molecule has 0 radical (unpaired) electrons. The van der Waals surface area contributed by atoms with E-state index in [2.05, 4.69) is 36.1 Å². The first-order valence-corrected chi connectivity index (χ1v) is 9.84. The van der Waals surface area contributed by atoms with E-state index in [9.17, 15) is 9.59 Å². The number of aryl methyl sites for hydroxylation is 1.